The van der Waals surface area contributed by atoms with Gasteiger partial charge in [0.1, 0.15) is 0 Å². The van der Waals surface area contributed by atoms with Gasteiger partial charge < -0.3 is 5.53 Å². The van der Waals surface area contributed by atoms with Crippen molar-refractivity contribution in [3.63, 3.8) is 0 Å². The van der Waals surface area contributed by atoms with Crippen molar-refractivity contribution in [1.29, 1.82) is 0 Å². The standard InChI is InChI=1S/C17H18N2O4S2/c1-11-7-5-9-15(13(11)3)24(20,21)17(19-18)25(22,23)16-10-6-8-12(2)14(16)4/h5-10H,1-4H3. The van der Waals surface area contributed by atoms with Gasteiger partial charge >= 0.3 is 4.38 Å². The molecule has 0 N–H and O–H groups in total. The average Bonchev–Trinajstić information content (AvgIpc) is 2.52. The van der Waals surface area contributed by atoms with Crippen LogP contribution < -0.4 is 0 Å². The molecule has 6 nitrogen and oxygen atoms in total. The van der Waals surface area contributed by atoms with E-state index in [0.29, 0.717) is 22.3 Å². The van der Waals surface area contributed by atoms with Crippen molar-refractivity contribution < 1.29 is 21.6 Å². The van der Waals surface area contributed by atoms with E-state index in [9.17, 15) is 22.4 Å². The summed E-state index contributed by atoms with van der Waals surface area (Å²) in [6.45, 7) is 6.57. The van der Waals surface area contributed by atoms with E-state index in [0.717, 1.165) is 0 Å². The first-order valence-corrected chi connectivity index (χ1v) is 10.4. The van der Waals surface area contributed by atoms with E-state index in [-0.39, 0.29) is 9.79 Å². The van der Waals surface area contributed by atoms with Gasteiger partial charge in [-0.1, -0.05) is 24.3 Å². The van der Waals surface area contributed by atoms with Gasteiger partial charge in [0.2, 0.25) is 0 Å². The van der Waals surface area contributed by atoms with E-state index < -0.39 is 24.1 Å². The first kappa shape index (κ1) is 19.1. The van der Waals surface area contributed by atoms with Crippen molar-refractivity contribution >= 4 is 24.1 Å². The van der Waals surface area contributed by atoms with Crippen LogP contribution in [0.15, 0.2) is 46.2 Å². The van der Waals surface area contributed by atoms with Gasteiger partial charge in [-0.15, -0.1) is 4.79 Å². The largest absolute Gasteiger partial charge is 0.504 e. The lowest BCUT2D eigenvalue weighted by Crippen LogP contribution is -2.27. The van der Waals surface area contributed by atoms with Gasteiger partial charge in [0.15, 0.2) is 0 Å². The van der Waals surface area contributed by atoms with Crippen LogP contribution in [0.3, 0.4) is 0 Å². The van der Waals surface area contributed by atoms with E-state index in [1.54, 1.807) is 39.8 Å². The molecule has 0 atom stereocenters. The van der Waals surface area contributed by atoms with Gasteiger partial charge in [0, 0.05) is 0 Å². The fraction of sp³-hybridized carbons (Fsp3) is 0.235. The van der Waals surface area contributed by atoms with Gasteiger partial charge in [-0.2, -0.15) is 0 Å². The number of hydrogen-bond donors (Lipinski definition) is 0. The Labute approximate surface area is 147 Å². The summed E-state index contributed by atoms with van der Waals surface area (Å²) < 4.78 is 50.3. The molecule has 2 aromatic carbocycles. The maximum atomic E-state index is 12.9. The van der Waals surface area contributed by atoms with Crippen molar-refractivity contribution in [2.75, 3.05) is 0 Å². The first-order valence-electron chi connectivity index (χ1n) is 7.39. The monoisotopic (exact) mass is 378 g/mol. The number of rotatable bonds is 2. The van der Waals surface area contributed by atoms with E-state index >= 15 is 0 Å². The predicted molar refractivity (Wildman–Crippen MR) is 94.8 cm³/mol. The van der Waals surface area contributed by atoms with Gasteiger partial charge in [0.05, 0.1) is 9.79 Å². The van der Waals surface area contributed by atoms with Crippen LogP contribution in [-0.4, -0.2) is 26.0 Å². The number of benzene rings is 2. The second-order valence-corrected chi connectivity index (χ2v) is 9.69. The maximum Gasteiger partial charge on any atom is 0.504 e. The summed E-state index contributed by atoms with van der Waals surface area (Å²) in [4.78, 5) is 2.27. The number of aryl methyl sites for hydroxylation is 2. The molecule has 2 aromatic rings. The summed E-state index contributed by atoms with van der Waals surface area (Å²) in [5.41, 5.74) is 11.4. The molecule has 0 spiro atoms. The zero-order valence-electron chi connectivity index (χ0n) is 14.3. The summed E-state index contributed by atoms with van der Waals surface area (Å²) in [5.74, 6) is 0. The minimum absolute atomic E-state index is 0.200. The number of sulfone groups is 2. The molecule has 0 aliphatic carbocycles. The highest BCUT2D eigenvalue weighted by molar-refractivity contribution is 8.31. The summed E-state index contributed by atoms with van der Waals surface area (Å²) in [5, 5.41) is 0. The van der Waals surface area contributed by atoms with E-state index in [4.69, 9.17) is 0 Å². The molecule has 0 aliphatic heterocycles. The molecule has 0 unspecified atom stereocenters. The lowest BCUT2D eigenvalue weighted by Gasteiger charge is -2.09. The third-order valence-corrected chi connectivity index (χ3v) is 8.67. The summed E-state index contributed by atoms with van der Waals surface area (Å²) >= 11 is 0. The Kier molecular flexibility index (Phi) is 4.99. The average molecular weight is 378 g/mol. The normalized spacial score (nSPS) is 11.8. The molecule has 0 amide bonds. The third-order valence-electron chi connectivity index (χ3n) is 4.23. The number of hydrogen-bond acceptors (Lipinski definition) is 4. The van der Waals surface area contributed by atoms with E-state index in [1.807, 2.05) is 0 Å². The fourth-order valence-electron chi connectivity index (χ4n) is 2.47. The smallest absolute Gasteiger partial charge is 0.359 e. The summed E-state index contributed by atoms with van der Waals surface area (Å²) in [6.07, 6.45) is 0. The van der Waals surface area contributed by atoms with Gasteiger partial charge in [0.25, 0.3) is 19.7 Å². The van der Waals surface area contributed by atoms with Crippen LogP contribution in [-0.2, 0) is 19.7 Å². The molecule has 2 rings (SSSR count). The van der Waals surface area contributed by atoms with Gasteiger partial charge in [-0.05, 0) is 62.1 Å². The van der Waals surface area contributed by atoms with E-state index in [2.05, 4.69) is 4.79 Å². The third kappa shape index (κ3) is 3.16. The molecular formula is C17H18N2O4S2. The maximum absolute atomic E-state index is 12.9. The van der Waals surface area contributed by atoms with Crippen LogP contribution in [0.5, 0.6) is 0 Å². The molecule has 8 heteroatoms. The Balaban J connectivity index is 2.78. The minimum Gasteiger partial charge on any atom is -0.359 e. The van der Waals surface area contributed by atoms with Crippen molar-refractivity contribution in [3.8, 4) is 0 Å². The molecule has 0 heterocycles. The molecule has 0 saturated carbocycles. The van der Waals surface area contributed by atoms with Gasteiger partial charge in [-0.25, -0.2) is 16.8 Å². The highest BCUT2D eigenvalue weighted by Gasteiger charge is 2.45. The van der Waals surface area contributed by atoms with Crippen molar-refractivity contribution in [1.82, 2.24) is 0 Å². The van der Waals surface area contributed by atoms with Gasteiger partial charge in [-0.3, -0.25) is 0 Å². The van der Waals surface area contributed by atoms with Crippen molar-refractivity contribution in [2.24, 2.45) is 0 Å². The Morgan fingerprint density at radius 2 is 1.12 bits per heavy atom. The van der Waals surface area contributed by atoms with Crippen LogP contribution in [0, 0.1) is 27.7 Å². The zero-order valence-corrected chi connectivity index (χ0v) is 15.9. The quantitative estimate of drug-likeness (QED) is 0.347. The van der Waals surface area contributed by atoms with E-state index in [1.165, 1.54) is 24.3 Å². The molecule has 0 bridgehead atoms. The predicted octanol–water partition coefficient (Wildman–Crippen LogP) is 2.75. The molecule has 0 radical (unpaired) electrons. The topological polar surface area (TPSA) is 105 Å². The number of nitrogens with zero attached hydrogens (tertiary/aromatic N) is 2. The summed E-state index contributed by atoms with van der Waals surface area (Å²) in [7, 11) is -9.06. The fourth-order valence-corrected chi connectivity index (χ4v) is 6.40. The first-order chi connectivity index (χ1) is 11.5. The highest BCUT2D eigenvalue weighted by Crippen LogP contribution is 2.26. The molecule has 0 fully saturated rings. The van der Waals surface area contributed by atoms with Crippen LogP contribution in [0.2, 0.25) is 0 Å². The SMILES string of the molecule is Cc1cccc(S(=O)(=O)C(=[N+]=[N-])S(=O)(=O)c2cccc(C)c2C)c1C. The Morgan fingerprint density at radius 1 is 0.760 bits per heavy atom. The Bertz CT molecular complexity index is 1030. The molecule has 0 saturated heterocycles. The second-order valence-electron chi connectivity index (χ2n) is 5.77. The van der Waals surface area contributed by atoms with Crippen molar-refractivity contribution in [3.05, 3.63) is 64.2 Å². The van der Waals surface area contributed by atoms with Crippen LogP contribution >= 0.6 is 0 Å². The molecule has 0 aliphatic rings. The Morgan fingerprint density at radius 3 is 1.44 bits per heavy atom. The lowest BCUT2D eigenvalue weighted by atomic mass is 10.1. The molecule has 0 aromatic heterocycles. The Hall–Kier alpha value is -2.28. The highest BCUT2D eigenvalue weighted by atomic mass is 32.3. The van der Waals surface area contributed by atoms with Crippen LogP contribution in [0.4, 0.5) is 0 Å². The molecule has 25 heavy (non-hydrogen) atoms. The summed E-state index contributed by atoms with van der Waals surface area (Å²) in [6, 6.07) is 9.03. The van der Waals surface area contributed by atoms with Crippen LogP contribution in [0.25, 0.3) is 5.53 Å². The lowest BCUT2D eigenvalue weighted by molar-refractivity contribution is 0.00379. The molecular weight excluding hydrogens is 360 g/mol. The zero-order chi connectivity index (χ0) is 19.0. The minimum atomic E-state index is -4.53. The molecule has 132 valence electrons. The second kappa shape index (κ2) is 6.55. The van der Waals surface area contributed by atoms with Crippen LogP contribution in [0.1, 0.15) is 22.3 Å². The van der Waals surface area contributed by atoms with Crippen molar-refractivity contribution in [2.45, 2.75) is 37.5 Å².